The first kappa shape index (κ1) is 15.6. The number of halogens is 4. The molecule has 0 aliphatic carbocycles. The smallest absolute Gasteiger partial charge is 0.493 e. The van der Waals surface area contributed by atoms with E-state index in [-0.39, 0.29) is 10.2 Å². The van der Waals surface area contributed by atoms with E-state index in [0.29, 0.717) is 18.8 Å². The van der Waals surface area contributed by atoms with Crippen molar-refractivity contribution in [1.29, 1.82) is 0 Å². The molecule has 0 amide bonds. The molecule has 0 bridgehead atoms. The molecule has 0 aliphatic rings. The number of hydrogen-bond acceptors (Lipinski definition) is 3. The summed E-state index contributed by atoms with van der Waals surface area (Å²) >= 11 is 3.02. The Morgan fingerprint density at radius 1 is 1.10 bits per heavy atom. The van der Waals surface area contributed by atoms with Crippen LogP contribution in [0.4, 0.5) is 13.2 Å². The number of alkyl halides is 3. The lowest BCUT2D eigenvalue weighted by Gasteiger charge is -2.12. The van der Waals surface area contributed by atoms with Gasteiger partial charge in [0.25, 0.3) is 0 Å². The number of rotatable bonds is 5. The standard InChI is InChI=1S/C14H11BrF3NO2/c15-12-9-11(1-2-13(12)21-14(16,17)18)20-8-5-10-3-6-19-7-4-10/h1-4,6-7,9H,5,8H2. The quantitative estimate of drug-likeness (QED) is 0.792. The van der Waals surface area contributed by atoms with Gasteiger partial charge in [0.1, 0.15) is 11.5 Å². The number of nitrogens with zero attached hydrogens (tertiary/aromatic N) is 1. The SMILES string of the molecule is FC(F)(F)Oc1ccc(OCCc2ccncc2)cc1Br. The maximum atomic E-state index is 12.1. The summed E-state index contributed by atoms with van der Waals surface area (Å²) in [6.07, 6.45) is -0.655. The van der Waals surface area contributed by atoms with E-state index in [0.717, 1.165) is 5.56 Å². The van der Waals surface area contributed by atoms with Crippen molar-refractivity contribution in [3.05, 3.63) is 52.8 Å². The van der Waals surface area contributed by atoms with Gasteiger partial charge in [-0.1, -0.05) is 0 Å². The Bertz CT molecular complexity index is 591. The molecular formula is C14H11BrF3NO2. The molecule has 0 N–H and O–H groups in total. The van der Waals surface area contributed by atoms with Gasteiger partial charge in [-0.3, -0.25) is 4.98 Å². The van der Waals surface area contributed by atoms with Gasteiger partial charge in [-0.25, -0.2) is 0 Å². The molecular weight excluding hydrogens is 351 g/mol. The summed E-state index contributed by atoms with van der Waals surface area (Å²) in [6, 6.07) is 7.82. The molecule has 1 heterocycles. The third kappa shape index (κ3) is 5.26. The van der Waals surface area contributed by atoms with Crippen LogP contribution in [0.1, 0.15) is 5.56 Å². The second kappa shape index (κ2) is 6.80. The molecule has 3 nitrogen and oxygen atoms in total. The number of benzene rings is 1. The van der Waals surface area contributed by atoms with E-state index >= 15 is 0 Å². The van der Waals surface area contributed by atoms with Crippen LogP contribution in [0, 0.1) is 0 Å². The Hall–Kier alpha value is -1.76. The van der Waals surface area contributed by atoms with Crippen molar-refractivity contribution in [3.8, 4) is 11.5 Å². The van der Waals surface area contributed by atoms with Gasteiger partial charge < -0.3 is 9.47 Å². The van der Waals surface area contributed by atoms with Gasteiger partial charge in [0.05, 0.1) is 11.1 Å². The van der Waals surface area contributed by atoms with Crippen molar-refractivity contribution in [2.75, 3.05) is 6.61 Å². The monoisotopic (exact) mass is 361 g/mol. The van der Waals surface area contributed by atoms with Crippen molar-refractivity contribution in [3.63, 3.8) is 0 Å². The number of pyridine rings is 1. The predicted octanol–water partition coefficient (Wildman–Crippen LogP) is 4.36. The molecule has 0 aliphatic heterocycles. The van der Waals surface area contributed by atoms with E-state index in [1.165, 1.54) is 18.2 Å². The summed E-state index contributed by atoms with van der Waals surface area (Å²) in [5.41, 5.74) is 1.07. The molecule has 112 valence electrons. The largest absolute Gasteiger partial charge is 0.573 e. The zero-order valence-corrected chi connectivity index (χ0v) is 12.3. The van der Waals surface area contributed by atoms with E-state index in [2.05, 4.69) is 25.7 Å². The number of aromatic nitrogens is 1. The fraction of sp³-hybridized carbons (Fsp3) is 0.214. The normalized spacial score (nSPS) is 11.2. The minimum atomic E-state index is -4.72. The van der Waals surface area contributed by atoms with Crippen LogP contribution in [-0.2, 0) is 6.42 Å². The minimum absolute atomic E-state index is 0.182. The van der Waals surface area contributed by atoms with E-state index in [9.17, 15) is 13.2 Å². The van der Waals surface area contributed by atoms with Crippen LogP contribution in [0.5, 0.6) is 11.5 Å². The molecule has 2 aromatic rings. The summed E-state index contributed by atoms with van der Waals surface area (Å²) in [7, 11) is 0. The molecule has 2 rings (SSSR count). The summed E-state index contributed by atoms with van der Waals surface area (Å²) in [5.74, 6) is 0.162. The van der Waals surface area contributed by atoms with Crippen molar-refractivity contribution >= 4 is 15.9 Å². The van der Waals surface area contributed by atoms with Crippen molar-refractivity contribution in [2.24, 2.45) is 0 Å². The molecule has 1 aromatic heterocycles. The van der Waals surface area contributed by atoms with Gasteiger partial charge in [-0.05, 0) is 51.8 Å². The van der Waals surface area contributed by atoms with Crippen LogP contribution < -0.4 is 9.47 Å². The summed E-state index contributed by atoms with van der Waals surface area (Å²) in [6.45, 7) is 0.413. The lowest BCUT2D eigenvalue weighted by atomic mass is 10.2. The summed E-state index contributed by atoms with van der Waals surface area (Å²) in [5, 5.41) is 0. The minimum Gasteiger partial charge on any atom is -0.493 e. The predicted molar refractivity (Wildman–Crippen MR) is 74.3 cm³/mol. The maximum absolute atomic E-state index is 12.1. The van der Waals surface area contributed by atoms with Crippen molar-refractivity contribution in [1.82, 2.24) is 4.98 Å². The molecule has 1 aromatic carbocycles. The average Bonchev–Trinajstić information content (AvgIpc) is 2.42. The van der Waals surface area contributed by atoms with E-state index in [1.54, 1.807) is 12.4 Å². The molecule has 7 heteroatoms. The van der Waals surface area contributed by atoms with Crippen LogP contribution >= 0.6 is 15.9 Å². The third-order valence-electron chi connectivity index (χ3n) is 2.54. The lowest BCUT2D eigenvalue weighted by molar-refractivity contribution is -0.274. The zero-order valence-electron chi connectivity index (χ0n) is 10.7. The second-order valence-electron chi connectivity index (χ2n) is 4.09. The number of hydrogen-bond donors (Lipinski definition) is 0. The fourth-order valence-electron chi connectivity index (χ4n) is 1.61. The van der Waals surface area contributed by atoms with Gasteiger partial charge in [0.2, 0.25) is 0 Å². The van der Waals surface area contributed by atoms with Crippen molar-refractivity contribution in [2.45, 2.75) is 12.8 Å². The van der Waals surface area contributed by atoms with Crippen LogP contribution in [-0.4, -0.2) is 18.0 Å². The Morgan fingerprint density at radius 3 is 2.43 bits per heavy atom. The van der Waals surface area contributed by atoms with E-state index in [4.69, 9.17) is 4.74 Å². The van der Waals surface area contributed by atoms with E-state index < -0.39 is 6.36 Å². The molecule has 0 fully saturated rings. The summed E-state index contributed by atoms with van der Waals surface area (Å²) in [4.78, 5) is 3.91. The molecule has 21 heavy (non-hydrogen) atoms. The maximum Gasteiger partial charge on any atom is 0.573 e. The van der Waals surface area contributed by atoms with E-state index in [1.807, 2.05) is 12.1 Å². The number of ether oxygens (including phenoxy) is 2. The zero-order chi connectivity index (χ0) is 15.3. The fourth-order valence-corrected chi connectivity index (χ4v) is 2.05. The third-order valence-corrected chi connectivity index (χ3v) is 3.16. The highest BCUT2D eigenvalue weighted by molar-refractivity contribution is 9.10. The van der Waals surface area contributed by atoms with Crippen LogP contribution in [0.25, 0.3) is 0 Å². The van der Waals surface area contributed by atoms with Gasteiger partial charge in [0, 0.05) is 18.8 Å². The van der Waals surface area contributed by atoms with Crippen LogP contribution in [0.15, 0.2) is 47.2 Å². The first-order chi connectivity index (χ1) is 9.94. The summed E-state index contributed by atoms with van der Waals surface area (Å²) < 4.78 is 45.9. The Labute approximate surface area is 127 Å². The first-order valence-corrected chi connectivity index (χ1v) is 6.80. The van der Waals surface area contributed by atoms with Gasteiger partial charge in [0.15, 0.2) is 0 Å². The Balaban J connectivity index is 1.91. The molecule has 0 unspecified atom stereocenters. The van der Waals surface area contributed by atoms with Crippen molar-refractivity contribution < 1.29 is 22.6 Å². The van der Waals surface area contributed by atoms with Gasteiger partial charge >= 0.3 is 6.36 Å². The molecule has 0 spiro atoms. The molecule has 0 saturated carbocycles. The second-order valence-corrected chi connectivity index (χ2v) is 4.95. The van der Waals surface area contributed by atoms with Gasteiger partial charge in [-0.15, -0.1) is 13.2 Å². The Kier molecular flexibility index (Phi) is 5.06. The van der Waals surface area contributed by atoms with Crippen LogP contribution in [0.2, 0.25) is 0 Å². The molecule has 0 radical (unpaired) electrons. The average molecular weight is 362 g/mol. The highest BCUT2D eigenvalue weighted by Crippen LogP contribution is 2.33. The lowest BCUT2D eigenvalue weighted by Crippen LogP contribution is -2.17. The highest BCUT2D eigenvalue weighted by Gasteiger charge is 2.31. The first-order valence-electron chi connectivity index (χ1n) is 6.01. The Morgan fingerprint density at radius 2 is 1.81 bits per heavy atom. The highest BCUT2D eigenvalue weighted by atomic mass is 79.9. The van der Waals surface area contributed by atoms with Gasteiger partial charge in [-0.2, -0.15) is 0 Å². The molecule has 0 saturated heterocycles. The molecule has 0 atom stereocenters. The van der Waals surface area contributed by atoms with Crippen LogP contribution in [0.3, 0.4) is 0 Å². The topological polar surface area (TPSA) is 31.4 Å².